The van der Waals surface area contributed by atoms with E-state index < -0.39 is 0 Å². The monoisotopic (exact) mass is 217 g/mol. The maximum Gasteiger partial charge on any atom is 0.0626 e. The van der Waals surface area contributed by atoms with Crippen LogP contribution >= 0.6 is 0 Å². The summed E-state index contributed by atoms with van der Waals surface area (Å²) in [7, 11) is 0. The minimum absolute atomic E-state index is 0.142. The van der Waals surface area contributed by atoms with Crippen LogP contribution in [0.2, 0.25) is 0 Å². The summed E-state index contributed by atoms with van der Waals surface area (Å²) in [5.74, 6) is 0. The van der Waals surface area contributed by atoms with Crippen molar-refractivity contribution in [2.45, 2.75) is 47.0 Å². The maximum absolute atomic E-state index is 4.48. The Hall–Kier alpha value is -1.11. The highest BCUT2D eigenvalue weighted by atomic mass is 14.7. The standard InChI is InChI=1S/C15H23N/c1-14(2,3)11-16-13-9-7-12(8-10-13)15(4,5)6/h7-11H,1-6H3. The Morgan fingerprint density at radius 2 is 1.38 bits per heavy atom. The summed E-state index contributed by atoms with van der Waals surface area (Å²) >= 11 is 0. The van der Waals surface area contributed by atoms with Gasteiger partial charge in [-0.25, -0.2) is 0 Å². The molecule has 0 aliphatic carbocycles. The van der Waals surface area contributed by atoms with Gasteiger partial charge in [-0.05, 0) is 28.5 Å². The highest BCUT2D eigenvalue weighted by Gasteiger charge is 2.12. The van der Waals surface area contributed by atoms with Crippen LogP contribution in [0.1, 0.15) is 47.1 Å². The highest BCUT2D eigenvalue weighted by Crippen LogP contribution is 2.24. The smallest absolute Gasteiger partial charge is 0.0626 e. The van der Waals surface area contributed by atoms with Crippen molar-refractivity contribution in [2.24, 2.45) is 10.4 Å². The van der Waals surface area contributed by atoms with E-state index in [0.29, 0.717) is 0 Å². The molecule has 1 aromatic rings. The van der Waals surface area contributed by atoms with E-state index in [1.54, 1.807) is 0 Å². The Bertz CT molecular complexity index is 358. The second-order valence-electron chi connectivity index (χ2n) is 6.42. The molecule has 1 nitrogen and oxygen atoms in total. The average Bonchev–Trinajstić information content (AvgIpc) is 2.13. The Morgan fingerprint density at radius 3 is 1.75 bits per heavy atom. The first-order valence-electron chi connectivity index (χ1n) is 5.84. The Labute approximate surface area is 99.6 Å². The molecule has 16 heavy (non-hydrogen) atoms. The van der Waals surface area contributed by atoms with E-state index in [-0.39, 0.29) is 10.8 Å². The minimum atomic E-state index is 0.142. The molecule has 0 amide bonds. The van der Waals surface area contributed by atoms with Crippen molar-refractivity contribution < 1.29 is 0 Å². The van der Waals surface area contributed by atoms with E-state index in [4.69, 9.17) is 0 Å². The molecule has 0 bridgehead atoms. The topological polar surface area (TPSA) is 12.4 Å². The molecule has 0 radical (unpaired) electrons. The zero-order valence-corrected chi connectivity index (χ0v) is 11.3. The van der Waals surface area contributed by atoms with Crippen LogP contribution in [0.5, 0.6) is 0 Å². The van der Waals surface area contributed by atoms with E-state index in [0.717, 1.165) is 5.69 Å². The quantitative estimate of drug-likeness (QED) is 0.603. The summed E-state index contributed by atoms with van der Waals surface area (Å²) in [5.41, 5.74) is 2.74. The van der Waals surface area contributed by atoms with Gasteiger partial charge < -0.3 is 0 Å². The number of rotatable bonds is 1. The summed E-state index contributed by atoms with van der Waals surface area (Å²) in [5, 5.41) is 0. The molecule has 1 heteroatoms. The molecule has 0 saturated carbocycles. The van der Waals surface area contributed by atoms with Crippen LogP contribution in [0.3, 0.4) is 0 Å². The first-order valence-corrected chi connectivity index (χ1v) is 5.84. The van der Waals surface area contributed by atoms with Gasteiger partial charge in [-0.15, -0.1) is 0 Å². The third-order valence-corrected chi connectivity index (χ3v) is 2.33. The van der Waals surface area contributed by atoms with Crippen LogP contribution in [-0.4, -0.2) is 6.21 Å². The molecule has 0 heterocycles. The highest BCUT2D eigenvalue weighted by molar-refractivity contribution is 5.68. The zero-order chi connectivity index (χ0) is 12.4. The maximum atomic E-state index is 4.48. The fraction of sp³-hybridized carbons (Fsp3) is 0.533. The van der Waals surface area contributed by atoms with Crippen LogP contribution < -0.4 is 0 Å². The molecule has 0 aliphatic rings. The van der Waals surface area contributed by atoms with Gasteiger partial charge in [0.05, 0.1) is 5.69 Å². The summed E-state index contributed by atoms with van der Waals surface area (Å²) in [6.45, 7) is 13.1. The first kappa shape index (κ1) is 13.0. The predicted octanol–water partition coefficient (Wildman–Crippen LogP) is 4.73. The van der Waals surface area contributed by atoms with Gasteiger partial charge in [0, 0.05) is 6.21 Å². The second-order valence-corrected chi connectivity index (χ2v) is 6.42. The number of benzene rings is 1. The van der Waals surface area contributed by atoms with Crippen molar-refractivity contribution in [3.63, 3.8) is 0 Å². The van der Waals surface area contributed by atoms with Gasteiger partial charge in [-0.2, -0.15) is 0 Å². The van der Waals surface area contributed by atoms with Crippen molar-refractivity contribution in [3.05, 3.63) is 29.8 Å². The largest absolute Gasteiger partial charge is 0.261 e. The Morgan fingerprint density at radius 1 is 0.875 bits per heavy atom. The lowest BCUT2D eigenvalue weighted by atomic mass is 9.87. The Balaban J connectivity index is 2.85. The predicted molar refractivity (Wildman–Crippen MR) is 72.7 cm³/mol. The molecule has 1 rings (SSSR count). The van der Waals surface area contributed by atoms with E-state index in [2.05, 4.69) is 70.8 Å². The van der Waals surface area contributed by atoms with E-state index >= 15 is 0 Å². The van der Waals surface area contributed by atoms with Gasteiger partial charge in [-0.1, -0.05) is 53.7 Å². The third-order valence-electron chi connectivity index (χ3n) is 2.33. The van der Waals surface area contributed by atoms with Crippen molar-refractivity contribution in [1.29, 1.82) is 0 Å². The van der Waals surface area contributed by atoms with E-state index in [9.17, 15) is 0 Å². The number of hydrogen-bond donors (Lipinski definition) is 0. The molecule has 0 unspecified atom stereocenters. The van der Waals surface area contributed by atoms with Crippen molar-refractivity contribution in [2.75, 3.05) is 0 Å². The van der Waals surface area contributed by atoms with Crippen LogP contribution in [-0.2, 0) is 5.41 Å². The zero-order valence-electron chi connectivity index (χ0n) is 11.3. The number of aliphatic imine (C=N–C) groups is 1. The molecule has 1 aromatic carbocycles. The molecular weight excluding hydrogens is 194 g/mol. The normalized spacial score (nSPS) is 13.4. The SMILES string of the molecule is CC(C)(C)C=Nc1ccc(C(C)(C)C)cc1. The van der Waals surface area contributed by atoms with Gasteiger partial charge in [0.25, 0.3) is 0 Å². The second kappa shape index (κ2) is 4.40. The van der Waals surface area contributed by atoms with Gasteiger partial charge in [-0.3, -0.25) is 4.99 Å². The third kappa shape index (κ3) is 4.18. The minimum Gasteiger partial charge on any atom is -0.261 e. The fourth-order valence-corrected chi connectivity index (χ4v) is 1.32. The lowest BCUT2D eigenvalue weighted by Gasteiger charge is -2.18. The summed E-state index contributed by atoms with van der Waals surface area (Å²) in [6, 6.07) is 8.50. The van der Waals surface area contributed by atoms with Gasteiger partial charge in [0.15, 0.2) is 0 Å². The molecule has 0 fully saturated rings. The average molecular weight is 217 g/mol. The Kier molecular flexibility index (Phi) is 3.57. The van der Waals surface area contributed by atoms with Crippen LogP contribution in [0, 0.1) is 5.41 Å². The summed E-state index contributed by atoms with van der Waals surface area (Å²) in [6.07, 6.45) is 2.00. The molecular formula is C15H23N. The molecule has 0 saturated heterocycles. The molecule has 0 aromatic heterocycles. The molecule has 0 aliphatic heterocycles. The van der Waals surface area contributed by atoms with Crippen LogP contribution in [0.15, 0.2) is 29.3 Å². The van der Waals surface area contributed by atoms with Crippen molar-refractivity contribution >= 4 is 11.9 Å². The van der Waals surface area contributed by atoms with Crippen LogP contribution in [0.25, 0.3) is 0 Å². The number of hydrogen-bond acceptors (Lipinski definition) is 1. The number of nitrogens with zero attached hydrogens (tertiary/aromatic N) is 1. The first-order chi connectivity index (χ1) is 7.18. The van der Waals surface area contributed by atoms with Crippen LogP contribution in [0.4, 0.5) is 5.69 Å². The molecule has 0 atom stereocenters. The summed E-state index contributed by atoms with van der Waals surface area (Å²) < 4.78 is 0. The van der Waals surface area contributed by atoms with Crippen molar-refractivity contribution in [3.8, 4) is 0 Å². The lowest BCUT2D eigenvalue weighted by molar-refractivity contribution is 0.590. The van der Waals surface area contributed by atoms with Gasteiger partial charge in [0.2, 0.25) is 0 Å². The molecule has 88 valence electrons. The lowest BCUT2D eigenvalue weighted by Crippen LogP contribution is -2.10. The summed E-state index contributed by atoms with van der Waals surface area (Å²) in [4.78, 5) is 4.48. The van der Waals surface area contributed by atoms with Gasteiger partial charge in [0.1, 0.15) is 0 Å². The van der Waals surface area contributed by atoms with E-state index in [1.807, 2.05) is 6.21 Å². The van der Waals surface area contributed by atoms with E-state index in [1.165, 1.54) is 5.56 Å². The van der Waals surface area contributed by atoms with Crippen molar-refractivity contribution in [1.82, 2.24) is 0 Å². The molecule has 0 N–H and O–H groups in total. The van der Waals surface area contributed by atoms with Gasteiger partial charge >= 0.3 is 0 Å². The fourth-order valence-electron chi connectivity index (χ4n) is 1.32. The molecule has 0 spiro atoms.